The summed E-state index contributed by atoms with van der Waals surface area (Å²) in [5.41, 5.74) is 0.473. The van der Waals surface area contributed by atoms with Crippen molar-refractivity contribution in [2.24, 2.45) is 0 Å². The summed E-state index contributed by atoms with van der Waals surface area (Å²) in [4.78, 5) is 12.0. The van der Waals surface area contributed by atoms with Crippen molar-refractivity contribution in [3.63, 3.8) is 0 Å². The minimum absolute atomic E-state index is 0.155. The lowest BCUT2D eigenvalue weighted by atomic mass is 10.0. The summed E-state index contributed by atoms with van der Waals surface area (Å²) in [6.45, 7) is 0. The second kappa shape index (κ2) is 5.45. The van der Waals surface area contributed by atoms with Gasteiger partial charge in [0.25, 0.3) is 5.91 Å². The molecule has 17 heavy (non-hydrogen) atoms. The first kappa shape index (κ1) is 12.3. The Bertz CT molecular complexity index is 459. The van der Waals surface area contributed by atoms with E-state index in [4.69, 9.17) is 0 Å². The van der Waals surface area contributed by atoms with E-state index >= 15 is 0 Å². The highest BCUT2D eigenvalue weighted by Gasteiger charge is 2.16. The molecule has 1 aliphatic carbocycles. The summed E-state index contributed by atoms with van der Waals surface area (Å²) >= 11 is 3.20. The van der Waals surface area contributed by atoms with Crippen LogP contribution in [0.3, 0.4) is 0 Å². The van der Waals surface area contributed by atoms with Gasteiger partial charge in [-0.3, -0.25) is 4.79 Å². The number of nitrogens with one attached hydrogen (secondary N) is 1. The number of benzene rings is 1. The molecule has 0 heterocycles. The number of carbonyl (C=O) groups is 1. The molecule has 0 saturated carbocycles. The van der Waals surface area contributed by atoms with Gasteiger partial charge in [-0.15, -0.1) is 0 Å². The minimum Gasteiger partial charge on any atom is -0.349 e. The highest BCUT2D eigenvalue weighted by molar-refractivity contribution is 9.10. The molecule has 1 aromatic carbocycles. The number of amides is 1. The fourth-order valence-corrected chi connectivity index (χ4v) is 2.39. The third kappa shape index (κ3) is 3.16. The molecule has 0 radical (unpaired) electrons. The van der Waals surface area contributed by atoms with E-state index in [9.17, 15) is 9.18 Å². The van der Waals surface area contributed by atoms with Gasteiger partial charge in [-0.1, -0.05) is 12.2 Å². The minimum atomic E-state index is -0.353. The third-order valence-electron chi connectivity index (χ3n) is 2.78. The quantitative estimate of drug-likeness (QED) is 0.833. The van der Waals surface area contributed by atoms with Gasteiger partial charge in [0.05, 0.1) is 5.56 Å². The zero-order chi connectivity index (χ0) is 12.3. The van der Waals surface area contributed by atoms with Gasteiger partial charge in [0, 0.05) is 10.5 Å². The van der Waals surface area contributed by atoms with Crippen molar-refractivity contribution < 1.29 is 9.18 Å². The Morgan fingerprint density at radius 3 is 2.88 bits per heavy atom. The van der Waals surface area contributed by atoms with Gasteiger partial charge >= 0.3 is 0 Å². The average Bonchev–Trinajstić information content (AvgIpc) is 2.30. The molecule has 1 N–H and O–H groups in total. The maximum absolute atomic E-state index is 12.9. The lowest BCUT2D eigenvalue weighted by Crippen LogP contribution is -2.35. The largest absolute Gasteiger partial charge is 0.349 e. The second-order valence-electron chi connectivity index (χ2n) is 4.08. The summed E-state index contributed by atoms with van der Waals surface area (Å²) < 4.78 is 13.4. The topological polar surface area (TPSA) is 29.1 Å². The van der Waals surface area contributed by atoms with Crippen LogP contribution in [0, 0.1) is 5.82 Å². The zero-order valence-corrected chi connectivity index (χ0v) is 10.8. The van der Waals surface area contributed by atoms with Gasteiger partial charge < -0.3 is 5.32 Å². The number of carbonyl (C=O) groups excluding carboxylic acids is 1. The van der Waals surface area contributed by atoms with Crippen molar-refractivity contribution in [1.29, 1.82) is 0 Å². The molecule has 1 aliphatic rings. The van der Waals surface area contributed by atoms with Gasteiger partial charge in [-0.2, -0.15) is 0 Å². The molecular formula is C13H13BrFNO. The molecule has 2 nitrogen and oxygen atoms in total. The average molecular weight is 298 g/mol. The molecule has 0 aliphatic heterocycles. The van der Waals surface area contributed by atoms with Crippen molar-refractivity contribution in [1.82, 2.24) is 5.32 Å². The molecule has 0 aromatic heterocycles. The first-order chi connectivity index (χ1) is 8.16. The Kier molecular flexibility index (Phi) is 3.94. The molecule has 90 valence electrons. The molecule has 0 fully saturated rings. The van der Waals surface area contributed by atoms with Gasteiger partial charge in [-0.05, 0) is 53.4 Å². The van der Waals surface area contributed by atoms with Crippen molar-refractivity contribution in [3.8, 4) is 0 Å². The van der Waals surface area contributed by atoms with Crippen molar-refractivity contribution >= 4 is 21.8 Å². The molecule has 0 spiro atoms. The highest BCUT2D eigenvalue weighted by atomic mass is 79.9. The molecule has 0 saturated heterocycles. The smallest absolute Gasteiger partial charge is 0.252 e. The van der Waals surface area contributed by atoms with Crippen molar-refractivity contribution in [3.05, 3.63) is 46.2 Å². The van der Waals surface area contributed by atoms with Crippen LogP contribution in [0.1, 0.15) is 29.6 Å². The first-order valence-corrected chi connectivity index (χ1v) is 6.37. The maximum Gasteiger partial charge on any atom is 0.252 e. The van der Waals surface area contributed by atoms with Gasteiger partial charge in [-0.25, -0.2) is 4.39 Å². The van der Waals surface area contributed by atoms with Crippen LogP contribution in [0.5, 0.6) is 0 Å². The predicted molar refractivity (Wildman–Crippen MR) is 68.3 cm³/mol. The number of hydrogen-bond acceptors (Lipinski definition) is 1. The van der Waals surface area contributed by atoms with E-state index in [1.165, 1.54) is 18.2 Å². The Balaban J connectivity index is 2.06. The summed E-state index contributed by atoms with van der Waals surface area (Å²) in [6, 6.07) is 4.27. The fraction of sp³-hybridized carbons (Fsp3) is 0.308. The van der Waals surface area contributed by atoms with E-state index in [1.54, 1.807) is 0 Å². The van der Waals surface area contributed by atoms with Crippen LogP contribution in [0.4, 0.5) is 4.39 Å². The van der Waals surface area contributed by atoms with E-state index in [1.807, 2.05) is 0 Å². The van der Waals surface area contributed by atoms with Crippen LogP contribution in [0.15, 0.2) is 34.8 Å². The lowest BCUT2D eigenvalue weighted by Gasteiger charge is -2.19. The monoisotopic (exact) mass is 297 g/mol. The Morgan fingerprint density at radius 2 is 2.24 bits per heavy atom. The third-order valence-corrected chi connectivity index (χ3v) is 3.44. The summed E-state index contributed by atoms with van der Waals surface area (Å²) in [6.07, 6.45) is 7.02. The van der Waals surface area contributed by atoms with Crippen LogP contribution in [-0.4, -0.2) is 11.9 Å². The molecule has 1 amide bonds. The normalized spacial score (nSPS) is 19.1. The number of allylic oxidation sites excluding steroid dienone is 1. The van der Waals surface area contributed by atoms with E-state index in [0.29, 0.717) is 10.0 Å². The maximum atomic E-state index is 12.9. The molecule has 1 unspecified atom stereocenters. The van der Waals surface area contributed by atoms with Gasteiger partial charge in [0.1, 0.15) is 5.82 Å². The lowest BCUT2D eigenvalue weighted by molar-refractivity contribution is 0.0934. The molecule has 1 aromatic rings. The van der Waals surface area contributed by atoms with Gasteiger partial charge in [0.2, 0.25) is 0 Å². The van der Waals surface area contributed by atoms with E-state index in [2.05, 4.69) is 33.4 Å². The molecule has 0 bridgehead atoms. The van der Waals surface area contributed by atoms with Gasteiger partial charge in [0.15, 0.2) is 0 Å². The predicted octanol–water partition coefficient (Wildman–Crippen LogP) is 3.43. The van der Waals surface area contributed by atoms with Crippen molar-refractivity contribution in [2.45, 2.75) is 25.3 Å². The molecule has 2 rings (SSSR count). The summed E-state index contributed by atoms with van der Waals surface area (Å²) in [5.74, 6) is -0.508. The van der Waals surface area contributed by atoms with Crippen LogP contribution in [0.25, 0.3) is 0 Å². The van der Waals surface area contributed by atoms with E-state index in [0.717, 1.165) is 19.3 Å². The SMILES string of the molecule is O=C(NC1CC=CCC1)c1ccc(F)cc1Br. The van der Waals surface area contributed by atoms with Crippen LogP contribution >= 0.6 is 15.9 Å². The van der Waals surface area contributed by atoms with E-state index in [-0.39, 0.29) is 17.8 Å². The number of hydrogen-bond donors (Lipinski definition) is 1. The number of rotatable bonds is 2. The Morgan fingerprint density at radius 1 is 1.41 bits per heavy atom. The first-order valence-electron chi connectivity index (χ1n) is 5.58. The van der Waals surface area contributed by atoms with Crippen LogP contribution in [-0.2, 0) is 0 Å². The fourth-order valence-electron chi connectivity index (χ4n) is 1.86. The second-order valence-corrected chi connectivity index (χ2v) is 4.93. The summed E-state index contributed by atoms with van der Waals surface area (Å²) in [7, 11) is 0. The standard InChI is InChI=1S/C13H13BrFNO/c14-12-8-9(15)6-7-11(12)13(17)16-10-4-2-1-3-5-10/h1-2,6-8,10H,3-5H2,(H,16,17). The van der Waals surface area contributed by atoms with Crippen LogP contribution in [0.2, 0.25) is 0 Å². The summed E-state index contributed by atoms with van der Waals surface area (Å²) in [5, 5.41) is 2.95. The molecule has 1 atom stereocenters. The zero-order valence-electron chi connectivity index (χ0n) is 9.25. The van der Waals surface area contributed by atoms with Crippen LogP contribution < -0.4 is 5.32 Å². The number of halogens is 2. The Labute approximate surface area is 108 Å². The molecular weight excluding hydrogens is 285 g/mol. The van der Waals surface area contributed by atoms with Crippen molar-refractivity contribution in [2.75, 3.05) is 0 Å². The highest BCUT2D eigenvalue weighted by Crippen LogP contribution is 2.19. The molecule has 4 heteroatoms. The van der Waals surface area contributed by atoms with E-state index < -0.39 is 0 Å². The Hall–Kier alpha value is -1.16.